The van der Waals surface area contributed by atoms with E-state index in [1.807, 2.05) is 12.1 Å². The van der Waals surface area contributed by atoms with E-state index in [0.29, 0.717) is 12.1 Å². The molecule has 0 spiro atoms. The van der Waals surface area contributed by atoms with Crippen LogP contribution in [0.4, 0.5) is 0 Å². The minimum absolute atomic E-state index is 0.0741. The largest absolute Gasteiger partial charge is 0.294 e. The summed E-state index contributed by atoms with van der Waals surface area (Å²) >= 11 is 0. The molecule has 1 heterocycles. The fraction of sp³-hybridized carbons (Fsp3) is 0.0625. The molecule has 0 fully saturated rings. The third-order valence-corrected chi connectivity index (χ3v) is 3.80. The second kappa shape index (κ2) is 8.01. The van der Waals surface area contributed by atoms with Gasteiger partial charge in [-0.1, -0.05) is 30.3 Å². The number of aromatic nitrogens is 3. The molecule has 0 unspecified atom stereocenters. The Hall–Kier alpha value is -3.02. The van der Waals surface area contributed by atoms with E-state index in [1.165, 1.54) is 18.5 Å². The lowest BCUT2D eigenvalue weighted by Crippen LogP contribution is -1.99. The fourth-order valence-electron chi connectivity index (χ4n) is 1.78. The molecular weight excluding hydrogens is 328 g/mol. The molecular formula is C16H14N4O3S. The van der Waals surface area contributed by atoms with Crippen molar-refractivity contribution in [3.05, 3.63) is 78.4 Å². The van der Waals surface area contributed by atoms with E-state index in [0.717, 1.165) is 5.56 Å². The van der Waals surface area contributed by atoms with Gasteiger partial charge in [-0.2, -0.15) is 18.8 Å². The lowest BCUT2D eigenvalue weighted by Gasteiger charge is -2.00. The highest BCUT2D eigenvalue weighted by Crippen LogP contribution is 2.05. The molecule has 8 heteroatoms. The van der Waals surface area contributed by atoms with Gasteiger partial charge in [-0.05, 0) is 29.8 Å². The molecule has 0 amide bonds. The van der Waals surface area contributed by atoms with Crippen molar-refractivity contribution in [1.29, 1.82) is 5.26 Å². The van der Waals surface area contributed by atoms with Gasteiger partial charge in [0.2, 0.25) is 0 Å². The van der Waals surface area contributed by atoms with Gasteiger partial charge in [0.15, 0.2) is 0 Å². The number of hydrogen-bond acceptors (Lipinski definition) is 5. The highest BCUT2D eigenvalue weighted by atomic mass is 32.2. The van der Waals surface area contributed by atoms with Gasteiger partial charge < -0.3 is 0 Å². The van der Waals surface area contributed by atoms with Crippen molar-refractivity contribution in [3.63, 3.8) is 0 Å². The Morgan fingerprint density at radius 3 is 2.21 bits per heavy atom. The van der Waals surface area contributed by atoms with Gasteiger partial charge in [0.1, 0.15) is 12.7 Å². The van der Waals surface area contributed by atoms with Crippen LogP contribution >= 0.6 is 0 Å². The van der Waals surface area contributed by atoms with Gasteiger partial charge in [-0.3, -0.25) is 4.55 Å². The van der Waals surface area contributed by atoms with E-state index in [2.05, 4.69) is 16.2 Å². The third-order valence-electron chi connectivity index (χ3n) is 2.94. The second-order valence-electron chi connectivity index (χ2n) is 4.69. The summed E-state index contributed by atoms with van der Waals surface area (Å²) in [6.07, 6.45) is 3.17. The van der Waals surface area contributed by atoms with Gasteiger partial charge in [-0.15, -0.1) is 0 Å². The summed E-state index contributed by atoms with van der Waals surface area (Å²) in [5.41, 5.74) is 1.78. The van der Waals surface area contributed by atoms with Crippen LogP contribution in [-0.4, -0.2) is 27.7 Å². The zero-order chi connectivity index (χ0) is 17.4. The van der Waals surface area contributed by atoms with E-state index in [9.17, 15) is 8.42 Å². The quantitative estimate of drug-likeness (QED) is 0.730. The molecule has 0 saturated heterocycles. The number of nitrogens with zero attached hydrogens (tertiary/aromatic N) is 4. The van der Waals surface area contributed by atoms with E-state index < -0.39 is 10.1 Å². The van der Waals surface area contributed by atoms with Gasteiger partial charge in [0.25, 0.3) is 10.1 Å². The lowest BCUT2D eigenvalue weighted by atomic mass is 10.1. The zero-order valence-corrected chi connectivity index (χ0v) is 13.3. The van der Waals surface area contributed by atoms with Crippen molar-refractivity contribution >= 4 is 10.1 Å². The van der Waals surface area contributed by atoms with Crippen molar-refractivity contribution in [2.75, 3.05) is 0 Å². The minimum atomic E-state index is -4.00. The molecule has 7 nitrogen and oxygen atoms in total. The topological polar surface area (TPSA) is 109 Å². The first-order valence-corrected chi connectivity index (χ1v) is 8.27. The maximum atomic E-state index is 10.4. The summed E-state index contributed by atoms with van der Waals surface area (Å²) in [4.78, 5) is 3.78. The van der Waals surface area contributed by atoms with Crippen molar-refractivity contribution in [2.45, 2.75) is 11.4 Å². The maximum absolute atomic E-state index is 10.4. The maximum Gasteiger partial charge on any atom is 0.294 e. The highest BCUT2D eigenvalue weighted by molar-refractivity contribution is 7.85. The Morgan fingerprint density at radius 1 is 1.08 bits per heavy atom. The molecule has 1 N–H and O–H groups in total. The molecule has 0 aliphatic heterocycles. The molecule has 0 aliphatic rings. The standard InChI is InChI=1S/C10H8N4.C6H6O3S/c11-5-9-1-3-10(4-2-9)6-14-8-12-7-13-14;7-10(8,9)6-4-2-1-3-5-6/h1-4,7-8H,6H2;1-5H,(H,7,8,9). The van der Waals surface area contributed by atoms with Crippen molar-refractivity contribution < 1.29 is 13.0 Å². The monoisotopic (exact) mass is 342 g/mol. The average Bonchev–Trinajstić information content (AvgIpc) is 3.09. The second-order valence-corrected chi connectivity index (χ2v) is 6.11. The van der Waals surface area contributed by atoms with E-state index in [1.54, 1.807) is 41.3 Å². The number of benzene rings is 2. The summed E-state index contributed by atoms with van der Waals surface area (Å²) in [5.74, 6) is 0. The van der Waals surface area contributed by atoms with Crippen LogP contribution in [0.25, 0.3) is 0 Å². The normalized spacial score (nSPS) is 10.3. The molecule has 2 aromatic carbocycles. The predicted molar refractivity (Wildman–Crippen MR) is 86.5 cm³/mol. The molecule has 0 aliphatic carbocycles. The molecule has 0 bridgehead atoms. The first-order chi connectivity index (χ1) is 11.5. The molecule has 24 heavy (non-hydrogen) atoms. The fourth-order valence-corrected chi connectivity index (χ4v) is 2.28. The number of rotatable bonds is 3. The van der Waals surface area contributed by atoms with E-state index >= 15 is 0 Å². The summed E-state index contributed by atoms with van der Waals surface area (Å²) < 4.78 is 31.0. The van der Waals surface area contributed by atoms with Gasteiger partial charge in [-0.25, -0.2) is 9.67 Å². The molecule has 3 aromatic rings. The van der Waals surface area contributed by atoms with Crippen molar-refractivity contribution in [1.82, 2.24) is 14.8 Å². The van der Waals surface area contributed by atoms with Crippen molar-refractivity contribution in [2.24, 2.45) is 0 Å². The zero-order valence-electron chi connectivity index (χ0n) is 12.5. The molecule has 1 aromatic heterocycles. The molecule has 0 saturated carbocycles. The Morgan fingerprint density at radius 2 is 1.75 bits per heavy atom. The molecule has 0 atom stereocenters. The predicted octanol–water partition coefficient (Wildman–Crippen LogP) is 2.13. The van der Waals surface area contributed by atoms with Crippen molar-refractivity contribution in [3.8, 4) is 6.07 Å². The van der Waals surface area contributed by atoms with E-state index in [4.69, 9.17) is 9.81 Å². The van der Waals surface area contributed by atoms with Crippen LogP contribution in [0.1, 0.15) is 11.1 Å². The summed E-state index contributed by atoms with van der Waals surface area (Å²) in [6, 6.07) is 16.9. The molecule has 122 valence electrons. The summed E-state index contributed by atoms with van der Waals surface area (Å²) in [6.45, 7) is 0.686. The smallest absolute Gasteiger partial charge is 0.282 e. The van der Waals surface area contributed by atoms with Gasteiger partial charge in [0.05, 0.1) is 23.1 Å². The van der Waals surface area contributed by atoms with Crippen LogP contribution < -0.4 is 0 Å². The van der Waals surface area contributed by atoms with Gasteiger partial charge >= 0.3 is 0 Å². The Balaban J connectivity index is 0.000000185. The van der Waals surface area contributed by atoms with Crippen LogP contribution in [0.15, 0.2) is 72.1 Å². The molecule has 0 radical (unpaired) electrons. The lowest BCUT2D eigenvalue weighted by molar-refractivity contribution is 0.483. The van der Waals surface area contributed by atoms with Crippen LogP contribution in [-0.2, 0) is 16.7 Å². The average molecular weight is 342 g/mol. The Labute approximate surface area is 139 Å². The molecule has 3 rings (SSSR count). The van der Waals surface area contributed by atoms with Crippen LogP contribution in [0.2, 0.25) is 0 Å². The SMILES string of the molecule is N#Cc1ccc(Cn2cncn2)cc1.O=S(=O)(O)c1ccccc1. The van der Waals surface area contributed by atoms with E-state index in [-0.39, 0.29) is 4.90 Å². The first kappa shape index (κ1) is 17.3. The highest BCUT2D eigenvalue weighted by Gasteiger charge is 2.05. The number of hydrogen-bond donors (Lipinski definition) is 1. The first-order valence-electron chi connectivity index (χ1n) is 6.83. The third kappa shape index (κ3) is 5.31. The summed E-state index contributed by atoms with van der Waals surface area (Å²) in [7, 11) is -4.00. The van der Waals surface area contributed by atoms with Crippen LogP contribution in [0.3, 0.4) is 0 Å². The number of nitriles is 1. The van der Waals surface area contributed by atoms with Crippen LogP contribution in [0, 0.1) is 11.3 Å². The van der Waals surface area contributed by atoms with Gasteiger partial charge in [0, 0.05) is 0 Å². The van der Waals surface area contributed by atoms with Crippen LogP contribution in [0.5, 0.6) is 0 Å². The minimum Gasteiger partial charge on any atom is -0.282 e. The summed E-state index contributed by atoms with van der Waals surface area (Å²) in [5, 5.41) is 12.6. The Kier molecular flexibility index (Phi) is 5.78. The Bertz CT molecular complexity index is 900.